The van der Waals surface area contributed by atoms with Crippen molar-refractivity contribution in [2.24, 2.45) is 7.05 Å². The molecule has 0 aliphatic carbocycles. The van der Waals surface area contributed by atoms with Gasteiger partial charge in [-0.3, -0.25) is 4.40 Å². The SMILES string of the molecule is CN(C)[C@@H]1C[C@@H](F)CN(c2nccn3c(-c4ccc5c(c4)nnn5C)c(-c4ccc(C#N)c(F)c4)nc23)C1. The van der Waals surface area contributed by atoms with Crippen LogP contribution in [-0.4, -0.2) is 73.7 Å². The van der Waals surface area contributed by atoms with E-state index in [1.54, 1.807) is 23.1 Å². The number of benzene rings is 2. The van der Waals surface area contributed by atoms with E-state index < -0.39 is 12.0 Å². The molecule has 0 radical (unpaired) electrons. The van der Waals surface area contributed by atoms with Crippen LogP contribution in [0.5, 0.6) is 0 Å². The number of piperidine rings is 1. The first-order valence-corrected chi connectivity index (χ1v) is 12.3. The number of hydrogen-bond donors (Lipinski definition) is 0. The Labute approximate surface area is 217 Å². The van der Waals surface area contributed by atoms with E-state index in [0.29, 0.717) is 46.9 Å². The first-order chi connectivity index (χ1) is 18.3. The molecular formula is C27H25F2N9. The smallest absolute Gasteiger partial charge is 0.181 e. The summed E-state index contributed by atoms with van der Waals surface area (Å²) in [6, 6.07) is 12.1. The number of imidazole rings is 1. The number of aryl methyl sites for hydroxylation is 1. The largest absolute Gasteiger partial charge is 0.349 e. The van der Waals surface area contributed by atoms with Crippen molar-refractivity contribution in [1.29, 1.82) is 5.26 Å². The fourth-order valence-corrected chi connectivity index (χ4v) is 5.16. The Kier molecular flexibility index (Phi) is 5.76. The van der Waals surface area contributed by atoms with Gasteiger partial charge in [0.15, 0.2) is 11.5 Å². The second-order valence-corrected chi connectivity index (χ2v) is 9.83. The van der Waals surface area contributed by atoms with Gasteiger partial charge in [0.05, 0.1) is 29.0 Å². The molecule has 2 aromatic carbocycles. The standard InChI is InChI=1S/C27H25F2N9/c1-35(2)20-12-19(28)14-37(15-20)26-27-32-24(16-4-5-18(13-30)21(29)10-16)25(38(27)9-8-31-26)17-6-7-23-22(11-17)33-34-36(23)3/h4-11,19-20H,12,14-15H2,1-3H3/t19-,20-/m1/s1. The van der Waals surface area contributed by atoms with Crippen LogP contribution in [0.25, 0.3) is 39.2 Å². The Bertz CT molecular complexity index is 1720. The van der Waals surface area contributed by atoms with Gasteiger partial charge in [-0.15, -0.1) is 5.10 Å². The molecule has 0 amide bonds. The topological polar surface area (TPSA) is 91.2 Å². The van der Waals surface area contributed by atoms with Crippen LogP contribution in [0.2, 0.25) is 0 Å². The molecule has 3 aromatic heterocycles. The van der Waals surface area contributed by atoms with E-state index in [1.807, 2.05) is 59.6 Å². The number of anilines is 1. The van der Waals surface area contributed by atoms with Crippen molar-refractivity contribution in [1.82, 2.24) is 34.3 Å². The molecular weight excluding hydrogens is 488 g/mol. The molecule has 38 heavy (non-hydrogen) atoms. The summed E-state index contributed by atoms with van der Waals surface area (Å²) in [4.78, 5) is 13.5. The number of likely N-dealkylation sites (N-methyl/N-ethyl adjacent to an activating group) is 1. The van der Waals surface area contributed by atoms with Crippen molar-refractivity contribution in [2.45, 2.75) is 18.6 Å². The number of aromatic nitrogens is 6. The summed E-state index contributed by atoms with van der Waals surface area (Å²) >= 11 is 0. The molecule has 9 nitrogen and oxygen atoms in total. The third-order valence-electron chi connectivity index (χ3n) is 7.18. The van der Waals surface area contributed by atoms with E-state index in [-0.39, 0.29) is 18.2 Å². The van der Waals surface area contributed by atoms with Crippen LogP contribution in [0.1, 0.15) is 12.0 Å². The third kappa shape index (κ3) is 3.94. The molecule has 0 spiro atoms. The van der Waals surface area contributed by atoms with Gasteiger partial charge in [0, 0.05) is 43.2 Å². The lowest BCUT2D eigenvalue weighted by Gasteiger charge is -2.38. The highest BCUT2D eigenvalue weighted by atomic mass is 19.1. The van der Waals surface area contributed by atoms with Crippen molar-refractivity contribution >= 4 is 22.5 Å². The van der Waals surface area contributed by atoms with Crippen LogP contribution in [0.15, 0.2) is 48.8 Å². The maximum atomic E-state index is 14.8. The van der Waals surface area contributed by atoms with E-state index in [2.05, 4.69) is 15.3 Å². The number of fused-ring (bicyclic) bond motifs is 2. The molecule has 0 bridgehead atoms. The third-order valence-corrected chi connectivity index (χ3v) is 7.18. The highest BCUT2D eigenvalue weighted by Crippen LogP contribution is 2.37. The average Bonchev–Trinajstić information content (AvgIpc) is 3.48. The molecule has 11 heteroatoms. The summed E-state index contributed by atoms with van der Waals surface area (Å²) in [6.07, 6.45) is 2.93. The summed E-state index contributed by atoms with van der Waals surface area (Å²) in [7, 11) is 5.72. The molecule has 0 saturated carbocycles. The Morgan fingerprint density at radius 3 is 2.68 bits per heavy atom. The molecule has 6 rings (SSSR count). The quantitative estimate of drug-likeness (QED) is 0.361. The molecule has 192 valence electrons. The predicted molar refractivity (Wildman–Crippen MR) is 140 cm³/mol. The molecule has 0 N–H and O–H groups in total. The Morgan fingerprint density at radius 1 is 1.11 bits per heavy atom. The van der Waals surface area contributed by atoms with E-state index in [1.165, 1.54) is 12.1 Å². The van der Waals surface area contributed by atoms with Crippen LogP contribution in [0.3, 0.4) is 0 Å². The lowest BCUT2D eigenvalue weighted by Crippen LogP contribution is -2.50. The number of halogens is 2. The number of alkyl halides is 1. The Morgan fingerprint density at radius 2 is 1.92 bits per heavy atom. The highest BCUT2D eigenvalue weighted by molar-refractivity contribution is 5.89. The molecule has 4 heterocycles. The minimum absolute atomic E-state index is 0.0291. The van der Waals surface area contributed by atoms with Crippen molar-refractivity contribution in [3.63, 3.8) is 0 Å². The van der Waals surface area contributed by atoms with Gasteiger partial charge >= 0.3 is 0 Å². The Balaban J connectivity index is 1.58. The zero-order chi connectivity index (χ0) is 26.6. The molecule has 2 atom stereocenters. The first-order valence-electron chi connectivity index (χ1n) is 12.3. The number of hydrogen-bond acceptors (Lipinski definition) is 7. The summed E-state index contributed by atoms with van der Waals surface area (Å²) in [5.74, 6) is -0.0650. The van der Waals surface area contributed by atoms with Gasteiger partial charge in [0.1, 0.15) is 23.6 Å². The van der Waals surface area contributed by atoms with E-state index in [4.69, 9.17) is 4.98 Å². The van der Waals surface area contributed by atoms with Crippen molar-refractivity contribution in [3.8, 4) is 28.6 Å². The number of nitriles is 1. The lowest BCUT2D eigenvalue weighted by atomic mass is 10.0. The molecule has 1 aliphatic rings. The van der Waals surface area contributed by atoms with Crippen LogP contribution in [-0.2, 0) is 7.05 Å². The summed E-state index contributed by atoms with van der Waals surface area (Å²) in [5, 5.41) is 17.6. The normalized spacial score (nSPS) is 18.0. The fourth-order valence-electron chi connectivity index (χ4n) is 5.16. The lowest BCUT2D eigenvalue weighted by molar-refractivity contribution is 0.182. The zero-order valence-corrected chi connectivity index (χ0v) is 21.2. The van der Waals surface area contributed by atoms with Gasteiger partial charge in [-0.25, -0.2) is 23.4 Å². The monoisotopic (exact) mass is 513 g/mol. The summed E-state index contributed by atoms with van der Waals surface area (Å²) < 4.78 is 33.1. The van der Waals surface area contributed by atoms with Gasteiger partial charge in [-0.05, 0) is 44.8 Å². The van der Waals surface area contributed by atoms with Crippen molar-refractivity contribution < 1.29 is 8.78 Å². The van der Waals surface area contributed by atoms with Gasteiger partial charge < -0.3 is 9.80 Å². The van der Waals surface area contributed by atoms with Gasteiger partial charge in [-0.1, -0.05) is 17.3 Å². The average molecular weight is 514 g/mol. The minimum atomic E-state index is -1.00. The second kappa shape index (κ2) is 9.15. The van der Waals surface area contributed by atoms with Crippen LogP contribution in [0, 0.1) is 17.1 Å². The van der Waals surface area contributed by atoms with Crippen LogP contribution >= 0.6 is 0 Å². The van der Waals surface area contributed by atoms with Gasteiger partial charge in [0.25, 0.3) is 0 Å². The van der Waals surface area contributed by atoms with E-state index in [9.17, 15) is 14.0 Å². The second-order valence-electron chi connectivity index (χ2n) is 9.83. The Hall–Kier alpha value is -4.43. The maximum Gasteiger partial charge on any atom is 0.181 e. The van der Waals surface area contributed by atoms with Crippen LogP contribution in [0.4, 0.5) is 14.6 Å². The van der Waals surface area contributed by atoms with Crippen molar-refractivity contribution in [3.05, 3.63) is 60.2 Å². The van der Waals surface area contributed by atoms with E-state index in [0.717, 1.165) is 11.1 Å². The molecule has 0 unspecified atom stereocenters. The summed E-state index contributed by atoms with van der Waals surface area (Å²) in [5.41, 5.74) is 4.60. The predicted octanol–water partition coefficient (Wildman–Crippen LogP) is 3.83. The highest BCUT2D eigenvalue weighted by Gasteiger charge is 2.31. The number of rotatable bonds is 4. The summed E-state index contributed by atoms with van der Waals surface area (Å²) in [6.45, 7) is 0.820. The zero-order valence-electron chi connectivity index (χ0n) is 21.2. The first kappa shape index (κ1) is 23.9. The minimum Gasteiger partial charge on any atom is -0.349 e. The fraction of sp³-hybridized carbons (Fsp3) is 0.296. The van der Waals surface area contributed by atoms with E-state index >= 15 is 0 Å². The van der Waals surface area contributed by atoms with Gasteiger partial charge in [0.2, 0.25) is 0 Å². The molecule has 1 aliphatic heterocycles. The number of nitrogens with zero attached hydrogens (tertiary/aromatic N) is 9. The molecule has 1 fully saturated rings. The molecule has 1 saturated heterocycles. The van der Waals surface area contributed by atoms with Crippen molar-refractivity contribution in [2.75, 3.05) is 32.1 Å². The van der Waals surface area contributed by atoms with Gasteiger partial charge in [-0.2, -0.15) is 5.26 Å². The maximum absolute atomic E-state index is 14.8. The van der Waals surface area contributed by atoms with Crippen LogP contribution < -0.4 is 4.90 Å². The molecule has 5 aromatic rings.